The van der Waals surface area contributed by atoms with E-state index < -0.39 is 24.4 Å². The summed E-state index contributed by atoms with van der Waals surface area (Å²) in [6, 6.07) is 10.6. The summed E-state index contributed by atoms with van der Waals surface area (Å²) < 4.78 is 49.3. The summed E-state index contributed by atoms with van der Waals surface area (Å²) in [7, 11) is 1.56. The van der Waals surface area contributed by atoms with Crippen LogP contribution < -0.4 is 19.5 Å². The molecule has 15 heteroatoms. The van der Waals surface area contributed by atoms with E-state index in [1.165, 1.54) is 0 Å². The number of fused-ring (bicyclic) bond motifs is 1. The van der Waals surface area contributed by atoms with E-state index >= 15 is 0 Å². The summed E-state index contributed by atoms with van der Waals surface area (Å²) in [6.07, 6.45) is -3.10. The molecule has 3 aliphatic rings. The van der Waals surface area contributed by atoms with E-state index in [0.29, 0.717) is 43.2 Å². The summed E-state index contributed by atoms with van der Waals surface area (Å²) in [4.78, 5) is 25.3. The largest absolute Gasteiger partial charge is 0.497 e. The minimum absolute atomic E-state index is 0.0700. The molecule has 242 valence electrons. The Morgan fingerprint density at radius 2 is 1.89 bits per heavy atom. The summed E-state index contributed by atoms with van der Waals surface area (Å²) in [5.41, 5.74) is 1.46. The van der Waals surface area contributed by atoms with Crippen molar-refractivity contribution in [2.24, 2.45) is 0 Å². The van der Waals surface area contributed by atoms with Crippen molar-refractivity contribution in [2.45, 2.75) is 49.7 Å². The first-order valence-electron chi connectivity index (χ1n) is 14.0. The summed E-state index contributed by atoms with van der Waals surface area (Å²) in [5.74, 6) is -0.833. The highest BCUT2D eigenvalue weighted by molar-refractivity contribution is 6.30. The van der Waals surface area contributed by atoms with Crippen LogP contribution in [-0.2, 0) is 11.2 Å². The first-order valence-corrected chi connectivity index (χ1v) is 14.4. The van der Waals surface area contributed by atoms with E-state index in [1.54, 1.807) is 30.2 Å². The number of anilines is 1. The molecule has 0 unspecified atom stereocenters. The number of benzene rings is 2. The van der Waals surface area contributed by atoms with E-state index in [9.17, 15) is 28.2 Å². The first kappa shape index (κ1) is 33.4. The number of likely N-dealkylation sites (tertiary alicyclic amines) is 2. The van der Waals surface area contributed by atoms with E-state index in [0.717, 1.165) is 48.7 Å². The molecule has 2 aromatic rings. The number of ether oxygens (including phenoxy) is 3. The molecule has 0 aromatic heterocycles. The highest BCUT2D eigenvalue weighted by Gasteiger charge is 2.42. The topological polar surface area (TPSA) is 141 Å². The third kappa shape index (κ3) is 8.80. The molecule has 1 spiro atoms. The molecule has 5 rings (SSSR count). The predicted octanol–water partition coefficient (Wildman–Crippen LogP) is 3.79. The van der Waals surface area contributed by atoms with Gasteiger partial charge in [-0.1, -0.05) is 11.6 Å². The molecule has 0 aliphatic carbocycles. The third-order valence-corrected chi connectivity index (χ3v) is 7.89. The number of carboxylic acids is 1. The lowest BCUT2D eigenvalue weighted by Crippen LogP contribution is -2.49. The number of urea groups is 1. The van der Waals surface area contributed by atoms with E-state index in [-0.39, 0.29) is 18.2 Å². The van der Waals surface area contributed by atoms with Crippen LogP contribution in [0.25, 0.3) is 0 Å². The first-order chi connectivity index (χ1) is 20.8. The summed E-state index contributed by atoms with van der Waals surface area (Å²) >= 11 is 6.15. The van der Waals surface area contributed by atoms with Gasteiger partial charge in [-0.05, 0) is 42.3 Å². The molecule has 4 N–H and O–H groups in total. The molecule has 44 heavy (non-hydrogen) atoms. The van der Waals surface area contributed by atoms with Gasteiger partial charge in [0.25, 0.3) is 0 Å². The maximum Gasteiger partial charge on any atom is 0.490 e. The SMILES string of the molecule is COc1ccc(NC(=O)N2CC[C@H](O)C2)c(OC[C@@H](O)CN2CCC3(CC2)Cc2cc(Cl)ccc2O3)c1.O=C(O)C(F)(F)F. The van der Waals surface area contributed by atoms with Crippen LogP contribution in [0.3, 0.4) is 0 Å². The maximum absolute atomic E-state index is 12.6. The number of halogens is 4. The van der Waals surface area contributed by atoms with Crippen LogP contribution in [0, 0.1) is 0 Å². The van der Waals surface area contributed by atoms with Crippen LogP contribution in [-0.4, -0.2) is 108 Å². The van der Waals surface area contributed by atoms with Gasteiger partial charge in [0.2, 0.25) is 0 Å². The summed E-state index contributed by atoms with van der Waals surface area (Å²) in [6.45, 7) is 2.99. The molecule has 2 fully saturated rings. The van der Waals surface area contributed by atoms with Gasteiger partial charge in [-0.15, -0.1) is 0 Å². The summed E-state index contributed by atoms with van der Waals surface area (Å²) in [5, 5.41) is 31.2. The monoisotopic (exact) mass is 645 g/mol. The van der Waals surface area contributed by atoms with Crippen LogP contribution in [0.4, 0.5) is 23.7 Å². The van der Waals surface area contributed by atoms with Crippen molar-refractivity contribution in [3.8, 4) is 17.2 Å². The zero-order valence-electron chi connectivity index (χ0n) is 24.0. The number of rotatable bonds is 7. The number of hydrogen-bond donors (Lipinski definition) is 4. The molecule has 2 saturated heterocycles. The molecular weight excluding hydrogens is 611 g/mol. The van der Waals surface area contributed by atoms with Crippen molar-refractivity contribution in [2.75, 3.05) is 51.8 Å². The van der Waals surface area contributed by atoms with Crippen LogP contribution in [0.5, 0.6) is 17.2 Å². The average Bonchev–Trinajstić information content (AvgIpc) is 3.56. The second-order valence-electron chi connectivity index (χ2n) is 11.0. The average molecular weight is 646 g/mol. The predicted molar refractivity (Wildman–Crippen MR) is 154 cm³/mol. The van der Waals surface area contributed by atoms with Gasteiger partial charge in [-0.3, -0.25) is 0 Å². The fraction of sp³-hybridized carbons (Fsp3) is 0.517. The molecule has 3 heterocycles. The quantitative estimate of drug-likeness (QED) is 0.354. The van der Waals surface area contributed by atoms with Crippen molar-refractivity contribution >= 4 is 29.3 Å². The minimum Gasteiger partial charge on any atom is -0.497 e. The number of methoxy groups -OCH3 is 1. The molecule has 2 aromatic carbocycles. The van der Waals surface area contributed by atoms with Crippen LogP contribution in [0.1, 0.15) is 24.8 Å². The molecule has 0 radical (unpaired) electrons. The zero-order valence-corrected chi connectivity index (χ0v) is 24.7. The van der Waals surface area contributed by atoms with Gasteiger partial charge in [0.1, 0.15) is 35.6 Å². The molecule has 0 bridgehead atoms. The van der Waals surface area contributed by atoms with Gasteiger partial charge in [0.15, 0.2) is 0 Å². The van der Waals surface area contributed by atoms with Crippen LogP contribution in [0.2, 0.25) is 5.02 Å². The Kier molecular flexibility index (Phi) is 10.7. The van der Waals surface area contributed by atoms with Crippen molar-refractivity contribution in [3.63, 3.8) is 0 Å². The van der Waals surface area contributed by atoms with Crippen molar-refractivity contribution in [3.05, 3.63) is 47.0 Å². The number of nitrogens with one attached hydrogen (secondary N) is 1. The molecule has 11 nitrogen and oxygen atoms in total. The second kappa shape index (κ2) is 14.1. The molecule has 2 atom stereocenters. The van der Waals surface area contributed by atoms with Gasteiger partial charge < -0.3 is 44.6 Å². The maximum atomic E-state index is 12.6. The van der Waals surface area contributed by atoms with Gasteiger partial charge in [-0.25, -0.2) is 9.59 Å². The lowest BCUT2D eigenvalue weighted by molar-refractivity contribution is -0.192. The third-order valence-electron chi connectivity index (χ3n) is 7.65. The molecule has 3 aliphatic heterocycles. The van der Waals surface area contributed by atoms with Crippen LogP contribution in [0.15, 0.2) is 36.4 Å². The number of β-amino-alcohol motifs (C(OH)–C–C–N with tert-alkyl or cyclic N) is 2. The van der Waals surface area contributed by atoms with Gasteiger partial charge in [0.05, 0.1) is 18.9 Å². The number of carboxylic acid groups (broad SMARTS) is 1. The number of aliphatic carboxylic acids is 1. The number of piperidine rings is 1. The Labute approximate surface area is 257 Å². The lowest BCUT2D eigenvalue weighted by Gasteiger charge is -2.39. The Morgan fingerprint density at radius 1 is 1.18 bits per heavy atom. The fourth-order valence-electron chi connectivity index (χ4n) is 5.33. The Bertz CT molecular complexity index is 1320. The normalized spacial score (nSPS) is 19.8. The Hall–Kier alpha value is -3.46. The van der Waals surface area contributed by atoms with Crippen molar-refractivity contribution < 1.29 is 52.3 Å². The van der Waals surface area contributed by atoms with E-state index in [1.807, 2.05) is 18.2 Å². The Balaban J connectivity index is 0.000000566. The van der Waals surface area contributed by atoms with Crippen molar-refractivity contribution in [1.29, 1.82) is 0 Å². The second-order valence-corrected chi connectivity index (χ2v) is 11.4. The van der Waals surface area contributed by atoms with Gasteiger partial charge in [-0.2, -0.15) is 13.2 Å². The number of aliphatic hydroxyl groups is 2. The molecule has 2 amide bonds. The number of carbonyl (C=O) groups excluding carboxylic acids is 1. The Morgan fingerprint density at radius 3 is 2.50 bits per heavy atom. The van der Waals surface area contributed by atoms with Crippen LogP contribution >= 0.6 is 11.6 Å². The van der Waals surface area contributed by atoms with Crippen molar-refractivity contribution in [1.82, 2.24) is 9.80 Å². The number of carbonyl (C=O) groups is 2. The molecule has 0 saturated carbocycles. The number of amides is 2. The van der Waals surface area contributed by atoms with E-state index in [4.69, 9.17) is 35.7 Å². The van der Waals surface area contributed by atoms with Gasteiger partial charge >= 0.3 is 18.2 Å². The highest BCUT2D eigenvalue weighted by atomic mass is 35.5. The number of alkyl halides is 3. The zero-order chi connectivity index (χ0) is 32.1. The molecular formula is C29H35ClF3N3O8. The standard InChI is InChI=1S/C27H34ClN3O6.C2HF3O2/c1-35-22-3-4-23(29-26(34)31-9-6-20(32)16-31)25(13-22)36-17-21(33)15-30-10-7-27(8-11-30)14-18-12-19(28)2-5-24(18)37-27;3-2(4,5)1(6)7/h2-5,12-13,20-21,32-33H,6-11,14-17H2,1H3,(H,29,34);(H,6,7)/t20-,21-;/m0./s1. The van der Waals surface area contributed by atoms with E-state index in [2.05, 4.69) is 10.2 Å². The smallest absolute Gasteiger partial charge is 0.490 e. The highest BCUT2D eigenvalue weighted by Crippen LogP contribution is 2.42. The minimum atomic E-state index is -5.08. The number of nitrogens with zero attached hydrogens (tertiary/aromatic N) is 2. The number of hydrogen-bond acceptors (Lipinski definition) is 8. The lowest BCUT2D eigenvalue weighted by atomic mass is 9.87. The fourth-order valence-corrected chi connectivity index (χ4v) is 5.53. The number of aliphatic hydroxyl groups excluding tert-OH is 2. The van der Waals surface area contributed by atoms with Gasteiger partial charge in [0, 0.05) is 63.1 Å².